The Labute approximate surface area is 95.4 Å². The number of hydrogen-bond donors (Lipinski definition) is 2. The van der Waals surface area contributed by atoms with E-state index in [-0.39, 0.29) is 0 Å². The van der Waals surface area contributed by atoms with Gasteiger partial charge in [-0.3, -0.25) is 0 Å². The lowest BCUT2D eigenvalue weighted by Gasteiger charge is -2.23. The maximum absolute atomic E-state index is 5.88. The van der Waals surface area contributed by atoms with E-state index in [0.717, 1.165) is 18.4 Å². The first-order valence-electron chi connectivity index (χ1n) is 5.76. The van der Waals surface area contributed by atoms with Crippen LogP contribution >= 0.6 is 0 Å². The van der Waals surface area contributed by atoms with Crippen molar-refractivity contribution in [2.45, 2.75) is 45.1 Å². The predicted octanol–water partition coefficient (Wildman–Crippen LogP) is 1.78. The zero-order valence-corrected chi connectivity index (χ0v) is 9.57. The highest BCUT2D eigenvalue weighted by Gasteiger charge is 2.17. The maximum Gasteiger partial charge on any atom is 0.221 e. The molecule has 0 bridgehead atoms. The molecule has 0 saturated heterocycles. The smallest absolute Gasteiger partial charge is 0.221 e. The van der Waals surface area contributed by atoms with Gasteiger partial charge in [0.25, 0.3) is 0 Å². The molecule has 0 spiro atoms. The van der Waals surface area contributed by atoms with Crippen LogP contribution in [0.1, 0.15) is 37.7 Å². The maximum atomic E-state index is 5.88. The fraction of sp³-hybridized carbons (Fsp3) is 0.636. The SMILES string of the molecule is Cc1c(NN)ncnc1OC1CCCCC1. The number of rotatable bonds is 3. The molecule has 0 aliphatic heterocycles. The molecule has 2 rings (SSSR count). The fourth-order valence-electron chi connectivity index (χ4n) is 2.04. The largest absolute Gasteiger partial charge is 0.474 e. The first-order valence-corrected chi connectivity index (χ1v) is 5.76. The third-order valence-corrected chi connectivity index (χ3v) is 3.01. The number of nitrogen functional groups attached to an aromatic ring is 1. The van der Waals surface area contributed by atoms with Crippen LogP contribution in [0.15, 0.2) is 6.33 Å². The van der Waals surface area contributed by atoms with Crippen molar-refractivity contribution < 1.29 is 4.74 Å². The second-order valence-electron chi connectivity index (χ2n) is 4.17. The van der Waals surface area contributed by atoms with Gasteiger partial charge in [0.15, 0.2) is 0 Å². The molecule has 16 heavy (non-hydrogen) atoms. The normalized spacial score (nSPS) is 17.1. The van der Waals surface area contributed by atoms with Gasteiger partial charge in [0.2, 0.25) is 5.88 Å². The van der Waals surface area contributed by atoms with Gasteiger partial charge in [-0.1, -0.05) is 6.42 Å². The summed E-state index contributed by atoms with van der Waals surface area (Å²) >= 11 is 0. The first kappa shape index (κ1) is 11.1. The minimum Gasteiger partial charge on any atom is -0.474 e. The van der Waals surface area contributed by atoms with Gasteiger partial charge in [-0.25, -0.2) is 15.8 Å². The minimum atomic E-state index is 0.299. The van der Waals surface area contributed by atoms with Crippen LogP contribution < -0.4 is 16.0 Å². The van der Waals surface area contributed by atoms with Crippen LogP contribution in [-0.2, 0) is 0 Å². The number of ether oxygens (including phenoxy) is 1. The van der Waals surface area contributed by atoms with Gasteiger partial charge in [-0.2, -0.15) is 0 Å². The molecule has 1 aromatic rings. The summed E-state index contributed by atoms with van der Waals surface area (Å²) in [7, 11) is 0. The Bertz CT molecular complexity index is 350. The lowest BCUT2D eigenvalue weighted by atomic mass is 9.98. The first-order chi connectivity index (χ1) is 7.81. The molecule has 1 fully saturated rings. The van der Waals surface area contributed by atoms with Crippen molar-refractivity contribution in [3.8, 4) is 5.88 Å². The lowest BCUT2D eigenvalue weighted by molar-refractivity contribution is 0.147. The number of hydrazine groups is 1. The van der Waals surface area contributed by atoms with E-state index in [4.69, 9.17) is 10.6 Å². The Morgan fingerprint density at radius 1 is 1.31 bits per heavy atom. The summed E-state index contributed by atoms with van der Waals surface area (Å²) < 4.78 is 5.88. The monoisotopic (exact) mass is 222 g/mol. The van der Waals surface area contributed by atoms with Gasteiger partial charge in [0.1, 0.15) is 18.2 Å². The third kappa shape index (κ3) is 2.41. The van der Waals surface area contributed by atoms with Crippen LogP contribution in [0.5, 0.6) is 5.88 Å². The zero-order valence-electron chi connectivity index (χ0n) is 9.57. The van der Waals surface area contributed by atoms with Crippen molar-refractivity contribution in [3.63, 3.8) is 0 Å². The molecule has 5 heteroatoms. The van der Waals surface area contributed by atoms with Crippen molar-refractivity contribution in [1.82, 2.24) is 9.97 Å². The molecular weight excluding hydrogens is 204 g/mol. The van der Waals surface area contributed by atoms with Crippen LogP contribution in [0.3, 0.4) is 0 Å². The summed E-state index contributed by atoms with van der Waals surface area (Å²) in [6.07, 6.45) is 7.82. The molecule has 1 aliphatic carbocycles. The molecule has 1 aromatic heterocycles. The van der Waals surface area contributed by atoms with Gasteiger partial charge in [0.05, 0.1) is 5.56 Å². The van der Waals surface area contributed by atoms with E-state index < -0.39 is 0 Å². The number of nitrogens with one attached hydrogen (secondary N) is 1. The van der Waals surface area contributed by atoms with E-state index in [2.05, 4.69) is 15.4 Å². The van der Waals surface area contributed by atoms with Gasteiger partial charge in [-0.15, -0.1) is 0 Å². The van der Waals surface area contributed by atoms with Crippen molar-refractivity contribution in [2.24, 2.45) is 5.84 Å². The van der Waals surface area contributed by atoms with Crippen molar-refractivity contribution in [1.29, 1.82) is 0 Å². The number of hydrogen-bond acceptors (Lipinski definition) is 5. The highest BCUT2D eigenvalue weighted by Crippen LogP contribution is 2.25. The summed E-state index contributed by atoms with van der Waals surface area (Å²) in [5, 5.41) is 0. The standard InChI is InChI=1S/C11H18N4O/c1-8-10(15-12)13-7-14-11(8)16-9-5-3-2-4-6-9/h7,9H,2-6,12H2,1H3,(H,13,14,15). The van der Waals surface area contributed by atoms with Crippen molar-refractivity contribution in [2.75, 3.05) is 5.43 Å². The molecule has 0 unspecified atom stereocenters. The molecule has 3 N–H and O–H groups in total. The number of nitrogens with two attached hydrogens (primary N) is 1. The third-order valence-electron chi connectivity index (χ3n) is 3.01. The Balaban J connectivity index is 2.08. The minimum absolute atomic E-state index is 0.299. The Morgan fingerprint density at radius 2 is 2.06 bits per heavy atom. The van der Waals surface area contributed by atoms with Gasteiger partial charge < -0.3 is 10.2 Å². The lowest BCUT2D eigenvalue weighted by Crippen LogP contribution is -2.21. The van der Waals surface area contributed by atoms with Crippen LogP contribution in [0, 0.1) is 6.92 Å². The average molecular weight is 222 g/mol. The fourth-order valence-corrected chi connectivity index (χ4v) is 2.04. The summed E-state index contributed by atoms with van der Waals surface area (Å²) in [6, 6.07) is 0. The molecular formula is C11H18N4O. The molecule has 0 aromatic carbocycles. The van der Waals surface area contributed by atoms with Gasteiger partial charge in [-0.05, 0) is 32.6 Å². The second kappa shape index (κ2) is 5.12. The summed E-state index contributed by atoms with van der Waals surface area (Å²) in [4.78, 5) is 8.18. The van der Waals surface area contributed by atoms with E-state index in [9.17, 15) is 0 Å². The van der Waals surface area contributed by atoms with Crippen LogP contribution in [0.4, 0.5) is 5.82 Å². The highest BCUT2D eigenvalue weighted by atomic mass is 16.5. The number of nitrogens with zero attached hydrogens (tertiary/aromatic N) is 2. The topological polar surface area (TPSA) is 73.1 Å². The Morgan fingerprint density at radius 3 is 2.75 bits per heavy atom. The second-order valence-corrected chi connectivity index (χ2v) is 4.17. The molecule has 0 amide bonds. The molecule has 1 saturated carbocycles. The molecule has 0 atom stereocenters. The van der Waals surface area contributed by atoms with Crippen molar-refractivity contribution in [3.05, 3.63) is 11.9 Å². The molecule has 1 aliphatic rings. The summed E-state index contributed by atoms with van der Waals surface area (Å²) in [6.45, 7) is 1.91. The molecule has 1 heterocycles. The molecule has 5 nitrogen and oxygen atoms in total. The highest BCUT2D eigenvalue weighted by molar-refractivity contribution is 5.46. The summed E-state index contributed by atoms with van der Waals surface area (Å²) in [5.41, 5.74) is 3.41. The number of anilines is 1. The molecule has 0 radical (unpaired) electrons. The van der Waals surface area contributed by atoms with Gasteiger partial charge in [0, 0.05) is 0 Å². The van der Waals surface area contributed by atoms with E-state index in [1.54, 1.807) is 0 Å². The quantitative estimate of drug-likeness (QED) is 0.602. The van der Waals surface area contributed by atoms with Gasteiger partial charge >= 0.3 is 0 Å². The van der Waals surface area contributed by atoms with E-state index >= 15 is 0 Å². The van der Waals surface area contributed by atoms with E-state index in [0.29, 0.717) is 17.8 Å². The van der Waals surface area contributed by atoms with Crippen LogP contribution in [0.2, 0.25) is 0 Å². The van der Waals surface area contributed by atoms with Crippen molar-refractivity contribution >= 4 is 5.82 Å². The predicted molar refractivity (Wildman–Crippen MR) is 62.1 cm³/mol. The van der Waals surface area contributed by atoms with E-state index in [1.807, 2.05) is 6.92 Å². The number of aromatic nitrogens is 2. The zero-order chi connectivity index (χ0) is 11.4. The Kier molecular flexibility index (Phi) is 3.56. The summed E-state index contributed by atoms with van der Waals surface area (Å²) in [5.74, 6) is 6.63. The van der Waals surface area contributed by atoms with Crippen LogP contribution in [0.25, 0.3) is 0 Å². The molecule has 88 valence electrons. The average Bonchev–Trinajstić information content (AvgIpc) is 2.33. The Hall–Kier alpha value is -1.36. The van der Waals surface area contributed by atoms with E-state index in [1.165, 1.54) is 25.6 Å². The van der Waals surface area contributed by atoms with Crippen LogP contribution in [-0.4, -0.2) is 16.1 Å².